The number of rotatable bonds is 3. The molecule has 4 heteroatoms. The molecular formula is C11H15N3S. The molecule has 15 heavy (non-hydrogen) atoms. The molecule has 0 N–H and O–H groups in total. The van der Waals surface area contributed by atoms with Crippen molar-refractivity contribution in [3.63, 3.8) is 0 Å². The van der Waals surface area contributed by atoms with Crippen LogP contribution in [0.25, 0.3) is 0 Å². The van der Waals surface area contributed by atoms with Gasteiger partial charge in [0.2, 0.25) is 0 Å². The summed E-state index contributed by atoms with van der Waals surface area (Å²) >= 11 is 1.70. The highest BCUT2D eigenvalue weighted by Crippen LogP contribution is 2.27. The van der Waals surface area contributed by atoms with Gasteiger partial charge in [-0.15, -0.1) is 11.3 Å². The van der Waals surface area contributed by atoms with Crippen LogP contribution in [0.5, 0.6) is 0 Å². The lowest BCUT2D eigenvalue weighted by Gasteiger charge is -2.06. The Labute approximate surface area is 94.4 Å². The molecule has 1 aromatic heterocycles. The van der Waals surface area contributed by atoms with Crippen LogP contribution in [0.4, 0.5) is 0 Å². The summed E-state index contributed by atoms with van der Waals surface area (Å²) in [6, 6.07) is 2.16. The SMILES string of the molecule is CN1CCC(c2csc(CCC#N)n2)C1. The smallest absolute Gasteiger partial charge is 0.0938 e. The van der Waals surface area contributed by atoms with E-state index in [-0.39, 0.29) is 0 Å². The van der Waals surface area contributed by atoms with Gasteiger partial charge in [0.1, 0.15) is 0 Å². The minimum Gasteiger partial charge on any atom is -0.306 e. The molecular weight excluding hydrogens is 206 g/mol. The van der Waals surface area contributed by atoms with E-state index in [0.29, 0.717) is 12.3 Å². The van der Waals surface area contributed by atoms with Crippen molar-refractivity contribution in [3.05, 3.63) is 16.1 Å². The maximum atomic E-state index is 8.50. The van der Waals surface area contributed by atoms with E-state index in [1.165, 1.54) is 18.7 Å². The number of hydrogen-bond donors (Lipinski definition) is 0. The molecule has 1 aliphatic heterocycles. The summed E-state index contributed by atoms with van der Waals surface area (Å²) in [5.41, 5.74) is 1.23. The van der Waals surface area contributed by atoms with Crippen LogP contribution in [-0.2, 0) is 6.42 Å². The minimum absolute atomic E-state index is 0.581. The number of aryl methyl sites for hydroxylation is 1. The Morgan fingerprint density at radius 3 is 3.27 bits per heavy atom. The second-order valence-electron chi connectivity index (χ2n) is 4.07. The Kier molecular flexibility index (Phi) is 3.34. The summed E-state index contributed by atoms with van der Waals surface area (Å²) in [6.07, 6.45) is 2.61. The lowest BCUT2D eigenvalue weighted by Crippen LogP contribution is -2.13. The first-order valence-electron chi connectivity index (χ1n) is 5.29. The normalized spacial score (nSPS) is 21.7. The largest absolute Gasteiger partial charge is 0.306 e. The second-order valence-corrected chi connectivity index (χ2v) is 5.01. The summed E-state index contributed by atoms with van der Waals surface area (Å²) in [4.78, 5) is 6.95. The molecule has 1 atom stereocenters. The van der Waals surface area contributed by atoms with Crippen molar-refractivity contribution in [1.29, 1.82) is 5.26 Å². The molecule has 80 valence electrons. The topological polar surface area (TPSA) is 39.9 Å². The molecule has 2 heterocycles. The van der Waals surface area contributed by atoms with Gasteiger partial charge in [-0.25, -0.2) is 4.98 Å². The van der Waals surface area contributed by atoms with Gasteiger partial charge < -0.3 is 4.90 Å². The third-order valence-corrected chi connectivity index (χ3v) is 3.76. The zero-order chi connectivity index (χ0) is 10.7. The Morgan fingerprint density at radius 2 is 2.60 bits per heavy atom. The second kappa shape index (κ2) is 4.73. The Balaban J connectivity index is 1.98. The Bertz CT molecular complexity index is 366. The van der Waals surface area contributed by atoms with E-state index in [1.807, 2.05) is 0 Å². The highest BCUT2D eigenvalue weighted by molar-refractivity contribution is 7.09. The van der Waals surface area contributed by atoms with Gasteiger partial charge in [0.15, 0.2) is 0 Å². The van der Waals surface area contributed by atoms with Crippen LogP contribution < -0.4 is 0 Å². The average molecular weight is 221 g/mol. The van der Waals surface area contributed by atoms with Crippen molar-refractivity contribution in [2.45, 2.75) is 25.2 Å². The van der Waals surface area contributed by atoms with Crippen molar-refractivity contribution in [1.82, 2.24) is 9.88 Å². The van der Waals surface area contributed by atoms with Gasteiger partial charge in [-0.2, -0.15) is 5.26 Å². The molecule has 1 aromatic rings. The van der Waals surface area contributed by atoms with E-state index < -0.39 is 0 Å². The number of hydrogen-bond acceptors (Lipinski definition) is 4. The van der Waals surface area contributed by atoms with Gasteiger partial charge in [0, 0.05) is 30.7 Å². The molecule has 0 aromatic carbocycles. The minimum atomic E-state index is 0.581. The molecule has 0 aliphatic carbocycles. The van der Waals surface area contributed by atoms with Crippen LogP contribution in [0.1, 0.15) is 29.5 Å². The quantitative estimate of drug-likeness (QED) is 0.784. The predicted octanol–water partition coefficient (Wildman–Crippen LogP) is 2.02. The van der Waals surface area contributed by atoms with E-state index in [0.717, 1.165) is 18.0 Å². The average Bonchev–Trinajstić information content (AvgIpc) is 2.83. The Hall–Kier alpha value is -0.920. The van der Waals surface area contributed by atoms with Gasteiger partial charge in [0.05, 0.1) is 16.8 Å². The summed E-state index contributed by atoms with van der Waals surface area (Å²) in [5, 5.41) is 11.8. The van der Waals surface area contributed by atoms with Crippen LogP contribution in [0.3, 0.4) is 0 Å². The molecule has 3 nitrogen and oxygen atoms in total. The molecule has 0 spiro atoms. The van der Waals surface area contributed by atoms with Gasteiger partial charge in [-0.3, -0.25) is 0 Å². The fourth-order valence-electron chi connectivity index (χ4n) is 1.97. The predicted molar refractivity (Wildman–Crippen MR) is 60.9 cm³/mol. The molecule has 0 amide bonds. The first-order valence-corrected chi connectivity index (χ1v) is 6.17. The third-order valence-electron chi connectivity index (χ3n) is 2.83. The highest BCUT2D eigenvalue weighted by atomic mass is 32.1. The number of likely N-dealkylation sites (tertiary alicyclic amines) is 1. The molecule has 1 aliphatic rings. The maximum absolute atomic E-state index is 8.50. The first-order chi connectivity index (χ1) is 7.29. The third kappa shape index (κ3) is 2.55. The lowest BCUT2D eigenvalue weighted by atomic mass is 10.1. The van der Waals surface area contributed by atoms with Crippen molar-refractivity contribution >= 4 is 11.3 Å². The molecule has 1 unspecified atom stereocenters. The van der Waals surface area contributed by atoms with E-state index in [4.69, 9.17) is 5.26 Å². The summed E-state index contributed by atoms with van der Waals surface area (Å²) in [5.74, 6) is 0.613. The van der Waals surface area contributed by atoms with Crippen molar-refractivity contribution in [3.8, 4) is 6.07 Å². The fraction of sp³-hybridized carbons (Fsp3) is 0.636. The van der Waals surface area contributed by atoms with Crippen molar-refractivity contribution in [2.75, 3.05) is 20.1 Å². The van der Waals surface area contributed by atoms with E-state index in [1.54, 1.807) is 11.3 Å². The van der Waals surface area contributed by atoms with Crippen LogP contribution >= 0.6 is 11.3 Å². The fourth-order valence-corrected chi connectivity index (χ4v) is 2.85. The summed E-state index contributed by atoms with van der Waals surface area (Å²) < 4.78 is 0. The van der Waals surface area contributed by atoms with Gasteiger partial charge in [-0.05, 0) is 20.0 Å². The molecule has 0 radical (unpaired) electrons. The number of nitrogens with zero attached hydrogens (tertiary/aromatic N) is 3. The summed E-state index contributed by atoms with van der Waals surface area (Å²) in [6.45, 7) is 2.30. The van der Waals surface area contributed by atoms with Gasteiger partial charge in [-0.1, -0.05) is 0 Å². The molecule has 1 saturated heterocycles. The molecule has 0 saturated carbocycles. The van der Waals surface area contributed by atoms with Gasteiger partial charge >= 0.3 is 0 Å². The van der Waals surface area contributed by atoms with Crippen molar-refractivity contribution in [2.24, 2.45) is 0 Å². The molecule has 2 rings (SSSR count). The maximum Gasteiger partial charge on any atom is 0.0938 e. The van der Waals surface area contributed by atoms with Crippen LogP contribution in [-0.4, -0.2) is 30.0 Å². The van der Waals surface area contributed by atoms with Crippen molar-refractivity contribution < 1.29 is 0 Å². The Morgan fingerprint density at radius 1 is 1.73 bits per heavy atom. The first kappa shape index (κ1) is 10.6. The molecule has 0 bridgehead atoms. The van der Waals surface area contributed by atoms with Crippen LogP contribution in [0.2, 0.25) is 0 Å². The standard InChI is InChI=1S/C11H15N3S/c1-14-6-4-9(7-14)10-8-15-11(13-10)3-2-5-12/h8-9H,2-4,6-7H2,1H3. The highest BCUT2D eigenvalue weighted by Gasteiger charge is 2.22. The van der Waals surface area contributed by atoms with Crippen LogP contribution in [0, 0.1) is 11.3 Å². The van der Waals surface area contributed by atoms with E-state index in [9.17, 15) is 0 Å². The van der Waals surface area contributed by atoms with Gasteiger partial charge in [0.25, 0.3) is 0 Å². The number of likely N-dealkylation sites (N-methyl/N-ethyl adjacent to an activating group) is 1. The number of nitriles is 1. The zero-order valence-corrected chi connectivity index (χ0v) is 9.76. The monoisotopic (exact) mass is 221 g/mol. The molecule has 1 fully saturated rings. The van der Waals surface area contributed by atoms with E-state index >= 15 is 0 Å². The lowest BCUT2D eigenvalue weighted by molar-refractivity contribution is 0.411. The summed E-state index contributed by atoms with van der Waals surface area (Å²) in [7, 11) is 2.16. The number of thiazole rings is 1. The van der Waals surface area contributed by atoms with E-state index in [2.05, 4.69) is 28.4 Å². The van der Waals surface area contributed by atoms with Crippen LogP contribution in [0.15, 0.2) is 5.38 Å². The zero-order valence-electron chi connectivity index (χ0n) is 8.94. The number of aromatic nitrogens is 1.